The lowest BCUT2D eigenvalue weighted by Gasteiger charge is -2.33. The average molecular weight is 657 g/mol. The number of amides is 1. The number of alkyl halides is 3. The number of sulfone groups is 1. The highest BCUT2D eigenvalue weighted by Gasteiger charge is 2.59. The average Bonchev–Trinajstić information content (AvgIpc) is 3.69. The summed E-state index contributed by atoms with van der Waals surface area (Å²) in [4.78, 5) is 25.8. The lowest BCUT2D eigenvalue weighted by atomic mass is 9.79. The van der Waals surface area contributed by atoms with Gasteiger partial charge in [-0.3, -0.25) is 9.69 Å². The molecule has 0 radical (unpaired) electrons. The topological polar surface area (TPSA) is 101 Å². The molecule has 4 heterocycles. The largest absolute Gasteiger partial charge is 0.400 e. The van der Waals surface area contributed by atoms with Gasteiger partial charge in [-0.25, -0.2) is 27.5 Å². The molecule has 2 aliphatic heterocycles. The number of likely N-dealkylation sites (tertiary alicyclic amines) is 2. The van der Waals surface area contributed by atoms with Crippen molar-refractivity contribution in [3.63, 3.8) is 0 Å². The van der Waals surface area contributed by atoms with Crippen molar-refractivity contribution in [2.24, 2.45) is 0 Å². The van der Waals surface area contributed by atoms with Crippen LogP contribution in [0.25, 0.3) is 5.95 Å². The second kappa shape index (κ2) is 12.2. The summed E-state index contributed by atoms with van der Waals surface area (Å²) in [6, 6.07) is 14.4. The van der Waals surface area contributed by atoms with Gasteiger partial charge in [0.25, 0.3) is 11.9 Å². The maximum absolute atomic E-state index is 14.6. The molecule has 2 fully saturated rings. The van der Waals surface area contributed by atoms with Crippen molar-refractivity contribution in [2.75, 3.05) is 32.4 Å². The highest BCUT2D eigenvalue weighted by atomic mass is 32.2. The normalized spacial score (nSPS) is 19.9. The molecule has 14 heteroatoms. The number of nitrogens with zero attached hydrogens (tertiary/aromatic N) is 6. The molecule has 0 unspecified atom stereocenters. The number of hydrogen-bond donors (Lipinski definition) is 0. The number of hydrogen-bond acceptors (Lipinski definition) is 7. The Hall–Kier alpha value is -4.17. The van der Waals surface area contributed by atoms with Crippen LogP contribution in [0.3, 0.4) is 0 Å². The van der Waals surface area contributed by atoms with Crippen molar-refractivity contribution in [2.45, 2.75) is 48.2 Å². The predicted octanol–water partition coefficient (Wildman–Crippen LogP) is 4.93. The fraction of sp³-hybridized carbons (Fsp3) is 0.375. The number of rotatable bonds is 7. The van der Waals surface area contributed by atoms with Gasteiger partial charge in [0.15, 0.2) is 15.7 Å². The van der Waals surface area contributed by atoms with E-state index in [0.717, 1.165) is 24.2 Å². The minimum Gasteiger partial charge on any atom is -0.337 e. The molecule has 1 atom stereocenters. The summed E-state index contributed by atoms with van der Waals surface area (Å²) < 4.78 is 82.5. The van der Waals surface area contributed by atoms with E-state index in [2.05, 4.69) is 20.0 Å². The maximum Gasteiger partial charge on any atom is 0.400 e. The second-order valence-electron chi connectivity index (χ2n) is 11.9. The monoisotopic (exact) mass is 656 g/mol. The van der Waals surface area contributed by atoms with E-state index in [1.165, 1.54) is 27.9 Å². The van der Waals surface area contributed by atoms with Gasteiger partial charge >= 0.3 is 6.18 Å². The third kappa shape index (κ3) is 6.15. The molecule has 242 valence electrons. The van der Waals surface area contributed by atoms with Gasteiger partial charge in [0.05, 0.1) is 34.7 Å². The van der Waals surface area contributed by atoms with Crippen molar-refractivity contribution in [3.05, 3.63) is 101 Å². The number of aromatic nitrogens is 4. The first kappa shape index (κ1) is 31.8. The predicted molar refractivity (Wildman–Crippen MR) is 161 cm³/mol. The first-order chi connectivity index (χ1) is 21.9. The molecule has 2 aliphatic rings. The second-order valence-corrected chi connectivity index (χ2v) is 14.0. The Bertz CT molecular complexity index is 1810. The van der Waals surface area contributed by atoms with Crippen LogP contribution in [0.1, 0.15) is 52.4 Å². The maximum atomic E-state index is 14.6. The zero-order valence-electron chi connectivity index (χ0n) is 25.0. The number of carbonyl (C=O) groups is 1. The summed E-state index contributed by atoms with van der Waals surface area (Å²) in [5.74, 6) is -1.35. The van der Waals surface area contributed by atoms with E-state index < -0.39 is 39.7 Å². The van der Waals surface area contributed by atoms with Crippen LogP contribution in [0.2, 0.25) is 0 Å². The third-order valence-corrected chi connectivity index (χ3v) is 10.1. The van der Waals surface area contributed by atoms with Crippen molar-refractivity contribution >= 4 is 15.7 Å². The quantitative estimate of drug-likeness (QED) is 0.260. The molecule has 4 aromatic rings. The summed E-state index contributed by atoms with van der Waals surface area (Å²) >= 11 is 0. The van der Waals surface area contributed by atoms with Crippen molar-refractivity contribution < 1.29 is 30.8 Å². The molecule has 2 saturated heterocycles. The summed E-state index contributed by atoms with van der Waals surface area (Å²) in [6.45, 7) is 1.26. The smallest absolute Gasteiger partial charge is 0.337 e. The van der Waals surface area contributed by atoms with E-state index in [1.54, 1.807) is 42.5 Å². The molecule has 0 N–H and O–H groups in total. The molecule has 2 aromatic heterocycles. The van der Waals surface area contributed by atoms with E-state index in [4.69, 9.17) is 0 Å². The minimum absolute atomic E-state index is 0.0548. The van der Waals surface area contributed by atoms with Crippen LogP contribution in [0.4, 0.5) is 17.6 Å². The highest BCUT2D eigenvalue weighted by Crippen LogP contribution is 2.48. The molecule has 1 amide bonds. The van der Waals surface area contributed by atoms with Gasteiger partial charge < -0.3 is 4.90 Å². The Kier molecular flexibility index (Phi) is 8.44. The van der Waals surface area contributed by atoms with Crippen LogP contribution < -0.4 is 0 Å². The summed E-state index contributed by atoms with van der Waals surface area (Å²) in [5.41, 5.74) is -0.462. The lowest BCUT2D eigenvalue weighted by Crippen LogP contribution is -2.45. The Labute approximate surface area is 263 Å². The van der Waals surface area contributed by atoms with Crippen molar-refractivity contribution in [1.29, 1.82) is 0 Å². The van der Waals surface area contributed by atoms with Crippen LogP contribution in [-0.2, 0) is 21.8 Å². The Morgan fingerprint density at radius 3 is 2.22 bits per heavy atom. The fourth-order valence-corrected chi connectivity index (χ4v) is 7.13. The fourth-order valence-electron chi connectivity index (χ4n) is 6.50. The van der Waals surface area contributed by atoms with Gasteiger partial charge in [-0.2, -0.15) is 18.3 Å². The molecular formula is C32H32F4N6O3S. The molecule has 0 aliphatic carbocycles. The molecule has 46 heavy (non-hydrogen) atoms. The number of carbonyl (C=O) groups excluding carboxylic acids is 1. The van der Waals surface area contributed by atoms with Crippen LogP contribution in [0.15, 0.2) is 78.1 Å². The van der Waals surface area contributed by atoms with Gasteiger partial charge in [-0.05, 0) is 55.6 Å². The number of piperidine rings is 1. The molecule has 0 spiro atoms. The first-order valence-electron chi connectivity index (χ1n) is 14.8. The minimum atomic E-state index is -4.57. The van der Waals surface area contributed by atoms with Gasteiger partial charge in [-0.1, -0.05) is 42.5 Å². The van der Waals surface area contributed by atoms with E-state index in [-0.39, 0.29) is 40.9 Å². The van der Waals surface area contributed by atoms with Crippen molar-refractivity contribution in [3.8, 4) is 5.95 Å². The summed E-state index contributed by atoms with van der Waals surface area (Å²) in [6.07, 6.45) is 0.853. The zero-order valence-corrected chi connectivity index (χ0v) is 25.8. The molecule has 0 bridgehead atoms. The van der Waals surface area contributed by atoms with Gasteiger partial charge in [0.1, 0.15) is 5.41 Å². The highest BCUT2D eigenvalue weighted by molar-refractivity contribution is 7.90. The van der Waals surface area contributed by atoms with E-state index in [9.17, 15) is 30.8 Å². The number of halogens is 4. The SMILES string of the molecule is CS(=O)(=O)c1ccc(CN2CCC(c3c(C(=O)N4CC[C@@](c5ccccc5)(C(F)(F)F)C4)cnn3-c3ncc(F)cn3)CC2)cc1. The van der Waals surface area contributed by atoms with Crippen LogP contribution in [0, 0.1) is 5.82 Å². The summed E-state index contributed by atoms with van der Waals surface area (Å²) in [7, 11) is -3.30. The van der Waals surface area contributed by atoms with E-state index >= 15 is 0 Å². The Morgan fingerprint density at radius 2 is 1.61 bits per heavy atom. The first-order valence-corrected chi connectivity index (χ1v) is 16.7. The van der Waals surface area contributed by atoms with Gasteiger partial charge in [-0.15, -0.1) is 0 Å². The molecule has 0 saturated carbocycles. The lowest BCUT2D eigenvalue weighted by molar-refractivity contribution is -0.186. The van der Waals surface area contributed by atoms with Crippen molar-refractivity contribution in [1.82, 2.24) is 29.5 Å². The third-order valence-electron chi connectivity index (χ3n) is 8.99. The Morgan fingerprint density at radius 1 is 0.957 bits per heavy atom. The van der Waals surface area contributed by atoms with Gasteiger partial charge in [0, 0.05) is 31.8 Å². The van der Waals surface area contributed by atoms with E-state index in [1.807, 2.05) is 0 Å². The Balaban J connectivity index is 1.26. The van der Waals surface area contributed by atoms with Gasteiger partial charge in [0.2, 0.25) is 0 Å². The molecular weight excluding hydrogens is 624 g/mol. The molecule has 6 rings (SSSR count). The molecule has 9 nitrogen and oxygen atoms in total. The van der Waals surface area contributed by atoms with Crippen LogP contribution >= 0.6 is 0 Å². The van der Waals surface area contributed by atoms with Crippen LogP contribution in [-0.4, -0.2) is 82.5 Å². The summed E-state index contributed by atoms with van der Waals surface area (Å²) in [5, 5.41) is 4.38. The van der Waals surface area contributed by atoms with Crippen LogP contribution in [0.5, 0.6) is 0 Å². The molecule has 2 aromatic carbocycles. The standard InChI is InChI=1S/C32H32F4N6O3S/c1-46(44,45)26-9-7-22(8-10-26)20-40-14-11-23(12-15-40)28-27(19-39-42(28)30-37-17-25(33)18-38-30)29(43)41-16-13-31(21-41,32(34,35)36)24-5-3-2-4-6-24/h2-10,17-19,23H,11-16,20-21H2,1H3/t31-/m1/s1. The zero-order chi connectivity index (χ0) is 32.7. The number of benzene rings is 2. The van der Waals surface area contributed by atoms with E-state index in [0.29, 0.717) is 38.2 Å².